The van der Waals surface area contributed by atoms with E-state index in [1.54, 1.807) is 12.1 Å². The van der Waals surface area contributed by atoms with Crippen molar-refractivity contribution in [2.75, 3.05) is 6.61 Å². The van der Waals surface area contributed by atoms with Gasteiger partial charge in [-0.15, -0.1) is 0 Å². The fourth-order valence-electron chi connectivity index (χ4n) is 2.01. The Bertz CT molecular complexity index is 526. The first kappa shape index (κ1) is 14.5. The van der Waals surface area contributed by atoms with E-state index in [0.717, 1.165) is 19.3 Å². The van der Waals surface area contributed by atoms with E-state index in [-0.39, 0.29) is 6.61 Å². The molecule has 3 heteroatoms. The molecule has 0 aliphatic carbocycles. The van der Waals surface area contributed by atoms with Crippen LogP contribution in [0.25, 0.3) is 0 Å². The zero-order chi connectivity index (χ0) is 14.2. The fraction of sp³-hybridized carbons (Fsp3) is 0.294. The lowest BCUT2D eigenvalue weighted by Gasteiger charge is -2.07. The minimum Gasteiger partial charge on any atom is -0.493 e. The lowest BCUT2D eigenvalue weighted by Crippen LogP contribution is -1.99. The summed E-state index contributed by atoms with van der Waals surface area (Å²) in [6.07, 6.45) is 3.00. The van der Waals surface area contributed by atoms with E-state index in [9.17, 15) is 4.39 Å². The Morgan fingerprint density at radius 2 is 1.80 bits per heavy atom. The van der Waals surface area contributed by atoms with Gasteiger partial charge in [0.25, 0.3) is 0 Å². The van der Waals surface area contributed by atoms with E-state index >= 15 is 0 Å². The predicted octanol–water partition coefficient (Wildman–Crippen LogP) is 3.72. The highest BCUT2D eigenvalue weighted by atomic mass is 19.1. The lowest BCUT2D eigenvalue weighted by atomic mass is 10.1. The normalized spacial score (nSPS) is 10.5. The van der Waals surface area contributed by atoms with Gasteiger partial charge in [0.1, 0.15) is 11.6 Å². The summed E-state index contributed by atoms with van der Waals surface area (Å²) < 4.78 is 18.9. The monoisotopic (exact) mass is 274 g/mol. The van der Waals surface area contributed by atoms with Crippen LogP contribution in [-0.4, -0.2) is 11.7 Å². The van der Waals surface area contributed by atoms with Gasteiger partial charge in [0, 0.05) is 11.6 Å². The first-order valence-corrected chi connectivity index (χ1v) is 6.85. The van der Waals surface area contributed by atoms with Crippen molar-refractivity contribution in [3.8, 4) is 5.75 Å². The SMILES string of the molecule is OCc1ccc(OCCCCc2ccccc2)cc1F. The molecule has 0 fully saturated rings. The molecule has 0 saturated carbocycles. The summed E-state index contributed by atoms with van der Waals surface area (Å²) in [4.78, 5) is 0. The Morgan fingerprint density at radius 3 is 2.50 bits per heavy atom. The molecule has 0 aliphatic rings. The zero-order valence-electron chi connectivity index (χ0n) is 11.4. The van der Waals surface area contributed by atoms with Crippen molar-refractivity contribution in [2.45, 2.75) is 25.9 Å². The Labute approximate surface area is 118 Å². The van der Waals surface area contributed by atoms with Crippen LogP contribution in [0.15, 0.2) is 48.5 Å². The molecule has 2 nitrogen and oxygen atoms in total. The molecule has 20 heavy (non-hydrogen) atoms. The molecule has 0 saturated heterocycles. The second-order valence-electron chi connectivity index (χ2n) is 4.70. The summed E-state index contributed by atoms with van der Waals surface area (Å²) in [6, 6.07) is 14.9. The Hall–Kier alpha value is -1.87. The van der Waals surface area contributed by atoms with Crippen molar-refractivity contribution in [2.24, 2.45) is 0 Å². The second-order valence-corrected chi connectivity index (χ2v) is 4.70. The summed E-state index contributed by atoms with van der Waals surface area (Å²) in [6.45, 7) is 0.286. The minimum absolute atomic E-state index is 0.289. The van der Waals surface area contributed by atoms with Crippen molar-refractivity contribution < 1.29 is 14.2 Å². The first-order chi connectivity index (χ1) is 9.79. The van der Waals surface area contributed by atoms with Crippen LogP contribution < -0.4 is 4.74 Å². The van der Waals surface area contributed by atoms with Crippen LogP contribution in [0.5, 0.6) is 5.75 Å². The van der Waals surface area contributed by atoms with Crippen molar-refractivity contribution in [3.63, 3.8) is 0 Å². The molecule has 106 valence electrons. The van der Waals surface area contributed by atoms with Gasteiger partial charge in [-0.05, 0) is 30.9 Å². The molecule has 0 amide bonds. The standard InChI is InChI=1S/C17H19FO2/c18-17-12-16(10-9-15(17)13-19)20-11-5-4-8-14-6-2-1-3-7-14/h1-3,6-7,9-10,12,19H,4-5,8,11,13H2. The van der Waals surface area contributed by atoms with E-state index in [4.69, 9.17) is 9.84 Å². The topological polar surface area (TPSA) is 29.5 Å². The maximum absolute atomic E-state index is 13.4. The van der Waals surface area contributed by atoms with Gasteiger partial charge in [0.2, 0.25) is 0 Å². The van der Waals surface area contributed by atoms with Gasteiger partial charge in [-0.1, -0.05) is 36.4 Å². The van der Waals surface area contributed by atoms with E-state index in [1.165, 1.54) is 11.6 Å². The Kier molecular flexibility index (Phi) is 5.56. The smallest absolute Gasteiger partial charge is 0.132 e. The summed E-state index contributed by atoms with van der Waals surface area (Å²) in [5.74, 6) is 0.0914. The number of hydrogen-bond donors (Lipinski definition) is 1. The maximum Gasteiger partial charge on any atom is 0.132 e. The van der Waals surface area contributed by atoms with Gasteiger partial charge in [0.15, 0.2) is 0 Å². The molecule has 0 unspecified atom stereocenters. The van der Waals surface area contributed by atoms with Crippen LogP contribution in [0.2, 0.25) is 0 Å². The van der Waals surface area contributed by atoms with Gasteiger partial charge < -0.3 is 9.84 Å². The van der Waals surface area contributed by atoms with Gasteiger partial charge in [-0.25, -0.2) is 4.39 Å². The molecule has 2 rings (SSSR count). The Morgan fingerprint density at radius 1 is 1.00 bits per heavy atom. The largest absolute Gasteiger partial charge is 0.493 e. The van der Waals surface area contributed by atoms with Crippen LogP contribution in [0.1, 0.15) is 24.0 Å². The van der Waals surface area contributed by atoms with Crippen LogP contribution >= 0.6 is 0 Å². The number of benzene rings is 2. The molecule has 0 radical (unpaired) electrons. The molecule has 0 aromatic heterocycles. The van der Waals surface area contributed by atoms with E-state index in [2.05, 4.69) is 12.1 Å². The first-order valence-electron chi connectivity index (χ1n) is 6.85. The third-order valence-corrected chi connectivity index (χ3v) is 3.17. The average molecular weight is 274 g/mol. The predicted molar refractivity (Wildman–Crippen MR) is 77.2 cm³/mol. The molecule has 0 spiro atoms. The highest BCUT2D eigenvalue weighted by Crippen LogP contribution is 2.17. The molecule has 2 aromatic carbocycles. The lowest BCUT2D eigenvalue weighted by molar-refractivity contribution is 0.274. The number of ether oxygens (including phenoxy) is 1. The van der Waals surface area contributed by atoms with Crippen molar-refractivity contribution in [1.29, 1.82) is 0 Å². The highest BCUT2D eigenvalue weighted by Gasteiger charge is 2.03. The molecule has 0 bridgehead atoms. The van der Waals surface area contributed by atoms with Crippen LogP contribution in [-0.2, 0) is 13.0 Å². The number of aliphatic hydroxyl groups is 1. The van der Waals surface area contributed by atoms with Gasteiger partial charge in [0.05, 0.1) is 13.2 Å². The fourth-order valence-corrected chi connectivity index (χ4v) is 2.01. The molecular weight excluding hydrogens is 255 g/mol. The minimum atomic E-state index is -0.422. The molecule has 0 heterocycles. The second kappa shape index (κ2) is 7.65. The number of halogens is 1. The van der Waals surface area contributed by atoms with Gasteiger partial charge in [-0.3, -0.25) is 0 Å². The summed E-state index contributed by atoms with van der Waals surface area (Å²) >= 11 is 0. The number of aryl methyl sites for hydroxylation is 1. The summed E-state index contributed by atoms with van der Waals surface area (Å²) in [5.41, 5.74) is 1.62. The Balaban J connectivity index is 1.69. The zero-order valence-corrected chi connectivity index (χ0v) is 11.4. The average Bonchev–Trinajstić information content (AvgIpc) is 2.48. The van der Waals surface area contributed by atoms with E-state index < -0.39 is 5.82 Å². The molecular formula is C17H19FO2. The van der Waals surface area contributed by atoms with E-state index in [0.29, 0.717) is 17.9 Å². The van der Waals surface area contributed by atoms with Crippen LogP contribution in [0, 0.1) is 5.82 Å². The van der Waals surface area contributed by atoms with Crippen molar-refractivity contribution in [1.82, 2.24) is 0 Å². The van der Waals surface area contributed by atoms with Gasteiger partial charge >= 0.3 is 0 Å². The number of aliphatic hydroxyl groups excluding tert-OH is 1. The third kappa shape index (κ3) is 4.35. The molecule has 1 N–H and O–H groups in total. The van der Waals surface area contributed by atoms with Crippen molar-refractivity contribution >= 4 is 0 Å². The summed E-state index contributed by atoms with van der Waals surface area (Å²) in [5, 5.41) is 8.88. The number of rotatable bonds is 7. The van der Waals surface area contributed by atoms with Crippen molar-refractivity contribution in [3.05, 3.63) is 65.5 Å². The van der Waals surface area contributed by atoms with Crippen LogP contribution in [0.4, 0.5) is 4.39 Å². The third-order valence-electron chi connectivity index (χ3n) is 3.17. The molecule has 0 aliphatic heterocycles. The quantitative estimate of drug-likeness (QED) is 0.780. The maximum atomic E-state index is 13.4. The number of hydrogen-bond acceptors (Lipinski definition) is 2. The van der Waals surface area contributed by atoms with Crippen LogP contribution in [0.3, 0.4) is 0 Å². The molecule has 2 aromatic rings. The number of unbranched alkanes of at least 4 members (excludes halogenated alkanes) is 1. The van der Waals surface area contributed by atoms with Gasteiger partial charge in [-0.2, -0.15) is 0 Å². The van der Waals surface area contributed by atoms with E-state index in [1.807, 2.05) is 18.2 Å². The highest BCUT2D eigenvalue weighted by molar-refractivity contribution is 5.28. The molecule has 0 atom stereocenters. The summed E-state index contributed by atoms with van der Waals surface area (Å²) in [7, 11) is 0.